The van der Waals surface area contributed by atoms with E-state index in [1.165, 1.54) is 5.01 Å². The SMILES string of the molecule is NC(=S)CCN1N=C2C=CC=CN2CC1=O. The average Bonchev–Trinajstić information content (AvgIpc) is 2.26. The van der Waals surface area contributed by atoms with E-state index in [9.17, 15) is 4.79 Å². The molecule has 0 fully saturated rings. The molecule has 0 aromatic carbocycles. The highest BCUT2D eigenvalue weighted by molar-refractivity contribution is 7.80. The molecular formula is C10H12N4OS. The zero-order valence-electron chi connectivity index (χ0n) is 8.67. The maximum absolute atomic E-state index is 11.7. The van der Waals surface area contributed by atoms with Crippen LogP contribution in [-0.2, 0) is 4.79 Å². The summed E-state index contributed by atoms with van der Waals surface area (Å²) in [5, 5.41) is 5.65. The van der Waals surface area contributed by atoms with Crippen molar-refractivity contribution >= 4 is 28.9 Å². The lowest BCUT2D eigenvalue weighted by Crippen LogP contribution is -2.45. The number of rotatable bonds is 3. The van der Waals surface area contributed by atoms with Crippen molar-refractivity contribution < 1.29 is 4.79 Å². The third-order valence-electron chi connectivity index (χ3n) is 2.30. The van der Waals surface area contributed by atoms with Crippen LogP contribution in [0.15, 0.2) is 29.5 Å². The van der Waals surface area contributed by atoms with E-state index in [0.29, 0.717) is 24.5 Å². The Kier molecular flexibility index (Phi) is 3.00. The van der Waals surface area contributed by atoms with E-state index < -0.39 is 0 Å². The summed E-state index contributed by atoms with van der Waals surface area (Å²) in [6, 6.07) is 0. The van der Waals surface area contributed by atoms with Crippen molar-refractivity contribution in [1.82, 2.24) is 9.91 Å². The molecule has 84 valence electrons. The number of hydrogen-bond acceptors (Lipinski definition) is 4. The number of thiocarbonyl (C=S) groups is 1. The van der Waals surface area contributed by atoms with E-state index in [1.54, 1.807) is 4.90 Å². The molecule has 0 spiro atoms. The van der Waals surface area contributed by atoms with E-state index in [4.69, 9.17) is 18.0 Å². The molecule has 0 saturated carbocycles. The van der Waals surface area contributed by atoms with Crippen LogP contribution >= 0.6 is 12.2 Å². The van der Waals surface area contributed by atoms with Gasteiger partial charge in [-0.25, -0.2) is 5.01 Å². The lowest BCUT2D eigenvalue weighted by atomic mass is 10.3. The summed E-state index contributed by atoms with van der Waals surface area (Å²) < 4.78 is 0. The number of hydrogen-bond donors (Lipinski definition) is 1. The van der Waals surface area contributed by atoms with Crippen LogP contribution in [0.1, 0.15) is 6.42 Å². The van der Waals surface area contributed by atoms with Crippen molar-refractivity contribution in [2.75, 3.05) is 13.1 Å². The van der Waals surface area contributed by atoms with Crippen LogP contribution in [0.25, 0.3) is 0 Å². The first-order valence-corrected chi connectivity index (χ1v) is 5.36. The maximum atomic E-state index is 11.7. The Bertz CT molecular complexity index is 413. The van der Waals surface area contributed by atoms with Crippen LogP contribution in [0.2, 0.25) is 0 Å². The summed E-state index contributed by atoms with van der Waals surface area (Å²) in [7, 11) is 0. The molecule has 2 rings (SSSR count). The monoisotopic (exact) mass is 236 g/mol. The second kappa shape index (κ2) is 4.44. The van der Waals surface area contributed by atoms with Gasteiger partial charge in [-0.1, -0.05) is 18.3 Å². The van der Waals surface area contributed by atoms with Crippen molar-refractivity contribution in [3.8, 4) is 0 Å². The molecule has 5 nitrogen and oxygen atoms in total. The summed E-state index contributed by atoms with van der Waals surface area (Å²) in [5.41, 5.74) is 5.40. The fourth-order valence-electron chi connectivity index (χ4n) is 1.49. The van der Waals surface area contributed by atoms with Gasteiger partial charge in [0, 0.05) is 12.6 Å². The first-order chi connectivity index (χ1) is 7.66. The van der Waals surface area contributed by atoms with Gasteiger partial charge in [0.2, 0.25) is 0 Å². The molecule has 0 radical (unpaired) electrons. The zero-order valence-corrected chi connectivity index (χ0v) is 9.48. The van der Waals surface area contributed by atoms with Crippen LogP contribution in [-0.4, -0.2) is 39.7 Å². The van der Waals surface area contributed by atoms with Gasteiger partial charge in [-0.05, 0) is 12.2 Å². The van der Waals surface area contributed by atoms with Gasteiger partial charge in [0.15, 0.2) is 5.84 Å². The quantitative estimate of drug-likeness (QED) is 0.711. The molecule has 2 N–H and O–H groups in total. The molecule has 6 heteroatoms. The Morgan fingerprint density at radius 2 is 2.38 bits per heavy atom. The number of nitrogens with two attached hydrogens (primary N) is 1. The number of amidine groups is 1. The summed E-state index contributed by atoms with van der Waals surface area (Å²) in [5.74, 6) is 0.727. The predicted octanol–water partition coefficient (Wildman–Crippen LogP) is 0.204. The minimum Gasteiger partial charge on any atom is -0.393 e. The Morgan fingerprint density at radius 3 is 3.12 bits per heavy atom. The molecule has 0 aromatic heterocycles. The minimum atomic E-state index is -0.0417. The standard InChI is InChI=1S/C10H12N4OS/c11-8(16)4-6-14-10(15)7-13-5-2-1-3-9(13)12-14/h1-3,5H,4,6-7H2,(H2,11,16). The number of carbonyl (C=O) groups is 1. The molecular weight excluding hydrogens is 224 g/mol. The van der Waals surface area contributed by atoms with E-state index in [2.05, 4.69) is 5.10 Å². The fourth-order valence-corrected chi connectivity index (χ4v) is 1.58. The van der Waals surface area contributed by atoms with Gasteiger partial charge in [-0.15, -0.1) is 0 Å². The largest absolute Gasteiger partial charge is 0.393 e. The molecule has 16 heavy (non-hydrogen) atoms. The van der Waals surface area contributed by atoms with Crippen LogP contribution in [0.4, 0.5) is 0 Å². The van der Waals surface area contributed by atoms with E-state index >= 15 is 0 Å². The fraction of sp³-hybridized carbons (Fsp3) is 0.300. The van der Waals surface area contributed by atoms with E-state index in [1.807, 2.05) is 24.4 Å². The van der Waals surface area contributed by atoms with Crippen molar-refractivity contribution in [1.29, 1.82) is 0 Å². The molecule has 1 amide bonds. The van der Waals surface area contributed by atoms with Crippen LogP contribution in [0, 0.1) is 0 Å². The van der Waals surface area contributed by atoms with Crippen LogP contribution < -0.4 is 5.73 Å². The van der Waals surface area contributed by atoms with Gasteiger partial charge in [-0.3, -0.25) is 4.79 Å². The Balaban J connectivity index is 2.09. The lowest BCUT2D eigenvalue weighted by molar-refractivity contribution is -0.132. The highest BCUT2D eigenvalue weighted by Gasteiger charge is 2.24. The van der Waals surface area contributed by atoms with E-state index in [-0.39, 0.29) is 5.91 Å². The van der Waals surface area contributed by atoms with Gasteiger partial charge in [0.05, 0.1) is 11.5 Å². The highest BCUT2D eigenvalue weighted by Crippen LogP contribution is 2.11. The molecule has 0 unspecified atom stereocenters. The number of allylic oxidation sites excluding steroid dienone is 2. The van der Waals surface area contributed by atoms with Crippen molar-refractivity contribution in [3.63, 3.8) is 0 Å². The average molecular weight is 236 g/mol. The Hall–Kier alpha value is -1.69. The summed E-state index contributed by atoms with van der Waals surface area (Å²) in [6.07, 6.45) is 7.95. The molecule has 0 saturated heterocycles. The molecule has 2 aliphatic rings. The predicted molar refractivity (Wildman–Crippen MR) is 65.5 cm³/mol. The molecule has 2 heterocycles. The van der Waals surface area contributed by atoms with Crippen LogP contribution in [0.3, 0.4) is 0 Å². The molecule has 0 aliphatic carbocycles. The normalized spacial score (nSPS) is 18.5. The summed E-state index contributed by atoms with van der Waals surface area (Å²) in [4.78, 5) is 13.9. The number of amides is 1. The topological polar surface area (TPSA) is 61.9 Å². The van der Waals surface area contributed by atoms with Gasteiger partial charge in [0.1, 0.15) is 6.54 Å². The highest BCUT2D eigenvalue weighted by atomic mass is 32.1. The Morgan fingerprint density at radius 1 is 1.56 bits per heavy atom. The van der Waals surface area contributed by atoms with Crippen molar-refractivity contribution in [3.05, 3.63) is 24.4 Å². The van der Waals surface area contributed by atoms with Crippen molar-refractivity contribution in [2.24, 2.45) is 10.8 Å². The van der Waals surface area contributed by atoms with Gasteiger partial charge < -0.3 is 10.6 Å². The molecule has 0 bridgehead atoms. The number of nitrogens with zero attached hydrogens (tertiary/aromatic N) is 3. The number of fused-ring (bicyclic) bond motifs is 1. The lowest BCUT2D eigenvalue weighted by Gasteiger charge is -2.30. The molecule has 2 aliphatic heterocycles. The Labute approximate surface area is 98.9 Å². The number of carbonyl (C=O) groups excluding carboxylic acids is 1. The first kappa shape index (κ1) is 10.8. The summed E-state index contributed by atoms with van der Waals surface area (Å²) >= 11 is 4.77. The zero-order chi connectivity index (χ0) is 11.5. The summed E-state index contributed by atoms with van der Waals surface area (Å²) in [6.45, 7) is 0.764. The van der Waals surface area contributed by atoms with Crippen LogP contribution in [0.5, 0.6) is 0 Å². The second-order valence-electron chi connectivity index (χ2n) is 3.52. The van der Waals surface area contributed by atoms with Crippen molar-refractivity contribution in [2.45, 2.75) is 6.42 Å². The molecule has 0 atom stereocenters. The second-order valence-corrected chi connectivity index (χ2v) is 4.04. The molecule has 0 aromatic rings. The minimum absolute atomic E-state index is 0.0417. The number of hydrazone groups is 1. The third-order valence-corrected chi connectivity index (χ3v) is 2.51. The first-order valence-electron chi connectivity index (χ1n) is 4.95. The maximum Gasteiger partial charge on any atom is 0.262 e. The van der Waals surface area contributed by atoms with Gasteiger partial charge in [0.25, 0.3) is 5.91 Å². The van der Waals surface area contributed by atoms with Gasteiger partial charge in [-0.2, -0.15) is 5.10 Å². The smallest absolute Gasteiger partial charge is 0.262 e. The van der Waals surface area contributed by atoms with E-state index in [0.717, 1.165) is 5.84 Å². The third kappa shape index (κ3) is 2.27. The van der Waals surface area contributed by atoms with Gasteiger partial charge >= 0.3 is 0 Å².